The van der Waals surface area contributed by atoms with E-state index in [0.29, 0.717) is 19.8 Å². The van der Waals surface area contributed by atoms with E-state index >= 15 is 0 Å². The molecule has 2 aliphatic heterocycles. The first-order valence-electron chi connectivity index (χ1n) is 6.50. The van der Waals surface area contributed by atoms with Crippen molar-refractivity contribution < 1.29 is 14.0 Å². The Morgan fingerprint density at radius 3 is 2.78 bits per heavy atom. The minimum absolute atomic E-state index is 0.0882. The molecule has 2 atom stereocenters. The summed E-state index contributed by atoms with van der Waals surface area (Å²) in [5, 5.41) is 0. The normalized spacial score (nSPS) is 31.7. The second-order valence-corrected chi connectivity index (χ2v) is 4.89. The van der Waals surface area contributed by atoms with E-state index in [0.717, 1.165) is 24.1 Å². The molecule has 0 saturated carbocycles. The molecule has 1 fully saturated rings. The fourth-order valence-electron chi connectivity index (χ4n) is 2.66. The molecule has 0 bridgehead atoms. The van der Waals surface area contributed by atoms with E-state index in [1.165, 1.54) is 5.56 Å². The summed E-state index contributed by atoms with van der Waals surface area (Å²) >= 11 is 0. The Hall–Kier alpha value is -1.23. The van der Waals surface area contributed by atoms with Gasteiger partial charge in [-0.15, -0.1) is 0 Å². The molecule has 0 aromatic heterocycles. The van der Waals surface area contributed by atoms with Crippen molar-refractivity contribution in [1.29, 1.82) is 0 Å². The summed E-state index contributed by atoms with van der Waals surface area (Å²) in [5.41, 5.74) is 1.32. The van der Waals surface area contributed by atoms with Crippen molar-refractivity contribution in [3.05, 3.63) is 35.9 Å². The van der Waals surface area contributed by atoms with Gasteiger partial charge in [0.15, 0.2) is 6.34 Å². The third-order valence-corrected chi connectivity index (χ3v) is 3.65. The van der Waals surface area contributed by atoms with Gasteiger partial charge in [0.2, 0.25) is 6.23 Å². The van der Waals surface area contributed by atoms with Crippen LogP contribution < -0.4 is 0 Å². The van der Waals surface area contributed by atoms with Crippen molar-refractivity contribution in [3.63, 3.8) is 0 Å². The molecule has 0 N–H and O–H groups in total. The van der Waals surface area contributed by atoms with Gasteiger partial charge in [-0.25, -0.2) is 9.48 Å². The average Bonchev–Trinajstić information content (AvgIpc) is 2.91. The lowest BCUT2D eigenvalue weighted by molar-refractivity contribution is -0.896. The van der Waals surface area contributed by atoms with Gasteiger partial charge in [-0.05, 0) is 0 Å². The highest BCUT2D eigenvalue weighted by Crippen LogP contribution is 2.23. The third kappa shape index (κ3) is 2.32. The first-order valence-corrected chi connectivity index (χ1v) is 6.50. The fourth-order valence-corrected chi connectivity index (χ4v) is 2.66. The zero-order valence-electron chi connectivity index (χ0n) is 10.5. The van der Waals surface area contributed by atoms with Crippen molar-refractivity contribution in [2.24, 2.45) is 4.99 Å². The fraction of sp³-hybridized carbons (Fsp3) is 0.500. The molecule has 2 heterocycles. The van der Waals surface area contributed by atoms with Crippen molar-refractivity contribution in [2.75, 3.05) is 32.9 Å². The topological polar surface area (TPSA) is 30.8 Å². The van der Waals surface area contributed by atoms with Crippen LogP contribution in [0.15, 0.2) is 35.3 Å². The van der Waals surface area contributed by atoms with E-state index in [9.17, 15) is 0 Å². The number of aliphatic imine (C=N–C) groups is 1. The van der Waals surface area contributed by atoms with Gasteiger partial charge in [0.1, 0.15) is 19.7 Å². The summed E-state index contributed by atoms with van der Waals surface area (Å²) in [6, 6.07) is 10.5. The van der Waals surface area contributed by atoms with Crippen LogP contribution in [-0.2, 0) is 16.0 Å². The molecule has 1 aromatic carbocycles. The van der Waals surface area contributed by atoms with Gasteiger partial charge in [0, 0.05) is 5.56 Å². The Labute approximate surface area is 107 Å². The molecular formula is C14H19N2O2+. The minimum atomic E-state index is 0.0882. The van der Waals surface area contributed by atoms with Gasteiger partial charge in [0.05, 0.1) is 19.8 Å². The highest BCUT2D eigenvalue weighted by molar-refractivity contribution is 5.48. The van der Waals surface area contributed by atoms with Crippen LogP contribution in [0.25, 0.3) is 0 Å². The lowest BCUT2D eigenvalue weighted by Crippen LogP contribution is -2.57. The van der Waals surface area contributed by atoms with Crippen LogP contribution in [0.2, 0.25) is 0 Å². The summed E-state index contributed by atoms with van der Waals surface area (Å²) in [5.74, 6) is 0. The van der Waals surface area contributed by atoms with E-state index < -0.39 is 0 Å². The molecule has 0 aliphatic carbocycles. The second kappa shape index (κ2) is 5.18. The van der Waals surface area contributed by atoms with Gasteiger partial charge < -0.3 is 9.47 Å². The lowest BCUT2D eigenvalue weighted by atomic mass is 10.2. The molecule has 0 spiro atoms. The molecule has 0 radical (unpaired) electrons. The molecule has 1 aromatic rings. The molecule has 4 nitrogen and oxygen atoms in total. The summed E-state index contributed by atoms with van der Waals surface area (Å²) in [7, 11) is 0. The second-order valence-electron chi connectivity index (χ2n) is 4.89. The van der Waals surface area contributed by atoms with Gasteiger partial charge >= 0.3 is 0 Å². The Morgan fingerprint density at radius 1 is 1.22 bits per heavy atom. The lowest BCUT2D eigenvalue weighted by Gasteiger charge is -2.39. The first-order chi connectivity index (χ1) is 8.89. The number of rotatable bonds is 3. The number of nitrogens with zero attached hydrogens (tertiary/aromatic N) is 2. The average molecular weight is 247 g/mol. The summed E-state index contributed by atoms with van der Waals surface area (Å²) < 4.78 is 12.2. The van der Waals surface area contributed by atoms with Crippen LogP contribution >= 0.6 is 0 Å². The number of ether oxygens (including phenoxy) is 2. The molecule has 1 saturated heterocycles. The molecule has 3 rings (SSSR count). The molecule has 2 aliphatic rings. The van der Waals surface area contributed by atoms with E-state index in [2.05, 4.69) is 29.3 Å². The Balaban J connectivity index is 1.80. The molecule has 4 heteroatoms. The predicted octanol–water partition coefficient (Wildman–Crippen LogP) is 1.42. The third-order valence-electron chi connectivity index (χ3n) is 3.65. The number of hydrogen-bond acceptors (Lipinski definition) is 3. The maximum Gasteiger partial charge on any atom is 0.222 e. The molecule has 96 valence electrons. The van der Waals surface area contributed by atoms with Crippen LogP contribution in [0.5, 0.6) is 0 Å². The van der Waals surface area contributed by atoms with Crippen molar-refractivity contribution in [1.82, 2.24) is 0 Å². The predicted molar refractivity (Wildman–Crippen MR) is 69.2 cm³/mol. The maximum absolute atomic E-state index is 5.89. The van der Waals surface area contributed by atoms with Gasteiger partial charge in [-0.3, -0.25) is 0 Å². The minimum Gasteiger partial charge on any atom is -0.370 e. The van der Waals surface area contributed by atoms with Crippen LogP contribution in [0.4, 0.5) is 0 Å². The summed E-state index contributed by atoms with van der Waals surface area (Å²) in [6.45, 7) is 4.87. The monoisotopic (exact) mass is 247 g/mol. The van der Waals surface area contributed by atoms with Crippen LogP contribution in [0.1, 0.15) is 5.56 Å². The number of quaternary nitrogens is 1. The van der Waals surface area contributed by atoms with Gasteiger partial charge in [0.25, 0.3) is 0 Å². The van der Waals surface area contributed by atoms with Crippen molar-refractivity contribution in [2.45, 2.75) is 12.8 Å². The highest BCUT2D eigenvalue weighted by Gasteiger charge is 2.40. The molecule has 18 heavy (non-hydrogen) atoms. The summed E-state index contributed by atoms with van der Waals surface area (Å²) in [6.07, 6.45) is 2.14. The van der Waals surface area contributed by atoms with E-state index in [1.54, 1.807) is 0 Å². The smallest absolute Gasteiger partial charge is 0.222 e. The van der Waals surface area contributed by atoms with E-state index in [-0.39, 0.29) is 6.23 Å². The van der Waals surface area contributed by atoms with Crippen LogP contribution in [-0.4, -0.2) is 50.0 Å². The van der Waals surface area contributed by atoms with Crippen LogP contribution in [0.3, 0.4) is 0 Å². The van der Waals surface area contributed by atoms with E-state index in [1.807, 2.05) is 12.4 Å². The zero-order chi connectivity index (χ0) is 12.3. The quantitative estimate of drug-likeness (QED) is 0.756. The van der Waals surface area contributed by atoms with Crippen LogP contribution in [0, 0.1) is 0 Å². The van der Waals surface area contributed by atoms with E-state index in [4.69, 9.17) is 9.47 Å². The van der Waals surface area contributed by atoms with Gasteiger partial charge in [-0.1, -0.05) is 30.3 Å². The maximum atomic E-state index is 5.89. The molecular weight excluding hydrogens is 228 g/mol. The molecule has 0 amide bonds. The van der Waals surface area contributed by atoms with Crippen molar-refractivity contribution >= 4 is 6.34 Å². The highest BCUT2D eigenvalue weighted by atomic mass is 16.6. The standard InChI is InChI=1S/C14H19N2O2/c1-2-4-13(5-3-1)10-16(7-6-15-12-16)14-11-17-8-9-18-14/h1-5,12,14H,6-11H2/q+1. The Morgan fingerprint density at radius 2 is 2.11 bits per heavy atom. The number of hydrogen-bond donors (Lipinski definition) is 0. The number of benzene rings is 1. The zero-order valence-corrected chi connectivity index (χ0v) is 10.5. The Kier molecular flexibility index (Phi) is 3.41. The SMILES string of the molecule is C1=NCC[N+]1(Cc1ccccc1)C1COCCO1. The first kappa shape index (κ1) is 11.8. The van der Waals surface area contributed by atoms with Crippen molar-refractivity contribution in [3.8, 4) is 0 Å². The largest absolute Gasteiger partial charge is 0.370 e. The van der Waals surface area contributed by atoms with Gasteiger partial charge in [-0.2, -0.15) is 0 Å². The summed E-state index contributed by atoms with van der Waals surface area (Å²) in [4.78, 5) is 4.42. The Bertz CT molecular complexity index is 415. The molecule has 2 unspecified atom stereocenters.